The van der Waals surface area contributed by atoms with Crippen LogP contribution in [-0.2, 0) is 16.0 Å². The smallest absolute Gasteiger partial charge is 0.231 e. The number of ketones is 1. The van der Waals surface area contributed by atoms with E-state index in [0.717, 1.165) is 49.4 Å². The van der Waals surface area contributed by atoms with Gasteiger partial charge in [0.2, 0.25) is 5.78 Å². The third kappa shape index (κ3) is 5.19. The Morgan fingerprint density at radius 3 is 2.24 bits per heavy atom. The minimum atomic E-state index is -0.751. The van der Waals surface area contributed by atoms with Crippen molar-refractivity contribution < 1.29 is 28.2 Å². The number of rotatable bonds is 9. The number of furan rings is 1. The molecule has 34 heavy (non-hydrogen) atoms. The molecule has 1 atom stereocenters. The maximum Gasteiger partial charge on any atom is 0.231 e. The van der Waals surface area contributed by atoms with Crippen molar-refractivity contribution >= 4 is 19.1 Å². The summed E-state index contributed by atoms with van der Waals surface area (Å²) in [5.74, 6) is 1.92. The van der Waals surface area contributed by atoms with E-state index in [-0.39, 0.29) is 11.5 Å². The number of ether oxygens (including phenoxy) is 4. The number of carbonyl (C=O) groups is 1. The van der Waals surface area contributed by atoms with Gasteiger partial charge in [0.05, 0.1) is 27.4 Å². The lowest BCUT2D eigenvalue weighted by molar-refractivity contribution is 0.0341. The van der Waals surface area contributed by atoms with Crippen molar-refractivity contribution in [1.82, 2.24) is 4.90 Å². The summed E-state index contributed by atoms with van der Waals surface area (Å²) in [6.07, 6.45) is -0.751. The predicted molar refractivity (Wildman–Crippen MR) is 132 cm³/mol. The van der Waals surface area contributed by atoms with Gasteiger partial charge in [-0.25, -0.2) is 0 Å². The van der Waals surface area contributed by atoms with Crippen LogP contribution in [0.1, 0.15) is 27.8 Å². The third-order valence-corrected chi connectivity index (χ3v) is 6.15. The Labute approximate surface area is 201 Å². The number of Topliss-reactive ketones (excluding diaryl/α,β-unsaturated/α-hetero) is 1. The standard InChI is InChI=1S/C26H30BNO6/c1-30-22-14-19(15-23(31-2)24(22)27)20-8-9-21(34-20)25(29)26(32-3)18-6-4-17(5-7-18)16-28-10-12-33-13-11-28/h4-9,14-15,26H,10-13,16,27H2,1-3H3. The number of carbonyl (C=O) groups excluding carboxylic acids is 1. The fourth-order valence-electron chi connectivity index (χ4n) is 4.19. The van der Waals surface area contributed by atoms with Crippen LogP contribution in [0.4, 0.5) is 0 Å². The lowest BCUT2D eigenvalue weighted by atomic mass is 9.92. The van der Waals surface area contributed by atoms with E-state index in [9.17, 15) is 4.79 Å². The molecule has 0 N–H and O–H groups in total. The molecule has 3 aromatic rings. The summed E-state index contributed by atoms with van der Waals surface area (Å²) in [4.78, 5) is 15.6. The van der Waals surface area contributed by atoms with E-state index in [0.29, 0.717) is 17.3 Å². The molecule has 4 rings (SSSR count). The van der Waals surface area contributed by atoms with Crippen LogP contribution in [0.5, 0.6) is 11.5 Å². The molecule has 0 radical (unpaired) electrons. The molecule has 0 spiro atoms. The summed E-state index contributed by atoms with van der Waals surface area (Å²) in [5.41, 5.74) is 3.64. The Kier molecular flexibility index (Phi) is 7.72. The van der Waals surface area contributed by atoms with Crippen LogP contribution in [0.3, 0.4) is 0 Å². The average molecular weight is 463 g/mol. The van der Waals surface area contributed by atoms with Crippen LogP contribution >= 0.6 is 0 Å². The second-order valence-electron chi connectivity index (χ2n) is 8.28. The maximum absolute atomic E-state index is 13.2. The van der Waals surface area contributed by atoms with Crippen LogP contribution in [0.25, 0.3) is 11.3 Å². The summed E-state index contributed by atoms with van der Waals surface area (Å²) in [6, 6.07) is 15.2. The minimum absolute atomic E-state index is 0.234. The van der Waals surface area contributed by atoms with Crippen molar-refractivity contribution in [3.8, 4) is 22.8 Å². The van der Waals surface area contributed by atoms with Crippen LogP contribution in [-0.4, -0.2) is 66.2 Å². The topological polar surface area (TPSA) is 70.4 Å². The molecule has 0 bridgehead atoms. The van der Waals surface area contributed by atoms with Gasteiger partial charge in [0, 0.05) is 32.3 Å². The highest BCUT2D eigenvalue weighted by atomic mass is 16.5. The van der Waals surface area contributed by atoms with Crippen LogP contribution in [0, 0.1) is 0 Å². The zero-order valence-electron chi connectivity index (χ0n) is 20.1. The van der Waals surface area contributed by atoms with Crippen molar-refractivity contribution in [3.05, 3.63) is 65.4 Å². The number of hydrogen-bond acceptors (Lipinski definition) is 7. The summed E-state index contributed by atoms with van der Waals surface area (Å²) in [7, 11) is 6.67. The van der Waals surface area contributed by atoms with Gasteiger partial charge in [-0.3, -0.25) is 9.69 Å². The van der Waals surface area contributed by atoms with Crippen molar-refractivity contribution in [2.75, 3.05) is 47.6 Å². The molecule has 1 aliphatic heterocycles. The van der Waals surface area contributed by atoms with Crippen LogP contribution < -0.4 is 14.9 Å². The highest BCUT2D eigenvalue weighted by molar-refractivity contribution is 6.36. The van der Waals surface area contributed by atoms with E-state index in [4.69, 9.17) is 23.4 Å². The summed E-state index contributed by atoms with van der Waals surface area (Å²) in [5, 5.41) is 0. The van der Waals surface area contributed by atoms with Crippen molar-refractivity contribution in [2.45, 2.75) is 12.6 Å². The van der Waals surface area contributed by atoms with Gasteiger partial charge in [-0.2, -0.15) is 0 Å². The van der Waals surface area contributed by atoms with Crippen LogP contribution in [0.15, 0.2) is 52.9 Å². The Bertz CT molecular complexity index is 1100. The van der Waals surface area contributed by atoms with E-state index in [1.165, 1.54) is 12.7 Å². The Balaban J connectivity index is 1.51. The van der Waals surface area contributed by atoms with Crippen molar-refractivity contribution in [3.63, 3.8) is 0 Å². The Morgan fingerprint density at radius 2 is 1.65 bits per heavy atom. The molecule has 7 nitrogen and oxygen atoms in total. The van der Waals surface area contributed by atoms with Gasteiger partial charge in [-0.05, 0) is 40.9 Å². The first-order valence-corrected chi connectivity index (χ1v) is 11.3. The largest absolute Gasteiger partial charge is 0.497 e. The quantitative estimate of drug-likeness (QED) is 0.357. The number of benzene rings is 2. The Hall–Kier alpha value is -3.07. The molecule has 1 fully saturated rings. The lowest BCUT2D eigenvalue weighted by Crippen LogP contribution is -2.35. The fraction of sp³-hybridized carbons (Fsp3) is 0.346. The first-order chi connectivity index (χ1) is 16.5. The van der Waals surface area contributed by atoms with E-state index in [1.807, 2.05) is 44.2 Å². The maximum atomic E-state index is 13.2. The number of nitrogens with zero attached hydrogens (tertiary/aromatic N) is 1. The summed E-state index contributed by atoms with van der Waals surface area (Å²) in [6.45, 7) is 4.26. The highest BCUT2D eigenvalue weighted by Crippen LogP contribution is 2.31. The molecule has 1 aromatic heterocycles. The normalized spacial score (nSPS) is 15.1. The van der Waals surface area contributed by atoms with E-state index in [1.54, 1.807) is 26.4 Å². The van der Waals surface area contributed by atoms with E-state index in [2.05, 4.69) is 4.90 Å². The summed E-state index contributed by atoms with van der Waals surface area (Å²) < 4.78 is 27.8. The zero-order chi connectivity index (χ0) is 24.1. The monoisotopic (exact) mass is 463 g/mol. The number of methoxy groups -OCH3 is 3. The van der Waals surface area contributed by atoms with Crippen molar-refractivity contribution in [2.24, 2.45) is 0 Å². The molecular formula is C26H30BNO6. The number of morpholine rings is 1. The number of hydrogen-bond donors (Lipinski definition) is 0. The highest BCUT2D eigenvalue weighted by Gasteiger charge is 2.25. The first-order valence-electron chi connectivity index (χ1n) is 11.3. The van der Waals surface area contributed by atoms with Crippen LogP contribution in [0.2, 0.25) is 0 Å². The molecule has 0 aliphatic carbocycles. The van der Waals surface area contributed by atoms with Gasteiger partial charge in [0.1, 0.15) is 31.2 Å². The third-order valence-electron chi connectivity index (χ3n) is 6.15. The molecule has 2 aromatic carbocycles. The average Bonchev–Trinajstić information content (AvgIpc) is 3.37. The fourth-order valence-corrected chi connectivity index (χ4v) is 4.19. The molecule has 0 amide bonds. The van der Waals surface area contributed by atoms with Gasteiger partial charge < -0.3 is 23.4 Å². The second-order valence-corrected chi connectivity index (χ2v) is 8.28. The molecule has 2 heterocycles. The summed E-state index contributed by atoms with van der Waals surface area (Å²) >= 11 is 0. The first kappa shape index (κ1) is 24.1. The molecule has 178 valence electrons. The predicted octanol–water partition coefficient (Wildman–Crippen LogP) is 2.62. The Morgan fingerprint density at radius 1 is 1.00 bits per heavy atom. The molecular weight excluding hydrogens is 433 g/mol. The molecule has 1 unspecified atom stereocenters. The minimum Gasteiger partial charge on any atom is -0.497 e. The van der Waals surface area contributed by atoms with Gasteiger partial charge in [0.25, 0.3) is 0 Å². The molecule has 8 heteroatoms. The molecule has 1 saturated heterocycles. The molecule has 1 aliphatic rings. The van der Waals surface area contributed by atoms with Crippen molar-refractivity contribution in [1.29, 1.82) is 0 Å². The second kappa shape index (κ2) is 10.9. The lowest BCUT2D eigenvalue weighted by Gasteiger charge is -2.26. The van der Waals surface area contributed by atoms with Gasteiger partial charge in [0.15, 0.2) is 5.76 Å². The van der Waals surface area contributed by atoms with E-state index < -0.39 is 6.10 Å². The molecule has 0 saturated carbocycles. The zero-order valence-corrected chi connectivity index (χ0v) is 20.1. The SMILES string of the molecule is Bc1c(OC)cc(-c2ccc(C(=O)C(OC)c3ccc(CN4CCOCC4)cc3)o2)cc1OC. The van der Waals surface area contributed by atoms with Gasteiger partial charge in [-0.1, -0.05) is 24.3 Å². The van der Waals surface area contributed by atoms with Gasteiger partial charge in [-0.15, -0.1) is 0 Å². The van der Waals surface area contributed by atoms with E-state index >= 15 is 0 Å². The van der Waals surface area contributed by atoms with Gasteiger partial charge >= 0.3 is 0 Å².